The summed E-state index contributed by atoms with van der Waals surface area (Å²) in [6.45, 7) is 1.88. The molecule has 0 spiro atoms. The number of benzene rings is 1. The molecule has 3 aromatic heterocycles. The van der Waals surface area contributed by atoms with Gasteiger partial charge in [-0.1, -0.05) is 23.2 Å². The van der Waals surface area contributed by atoms with Gasteiger partial charge in [0.15, 0.2) is 0 Å². The minimum Gasteiger partial charge on any atom is -0.339 e. The molecule has 1 aliphatic carbocycles. The van der Waals surface area contributed by atoms with E-state index in [2.05, 4.69) is 26.5 Å². The Morgan fingerprint density at radius 2 is 2.20 bits per heavy atom. The zero-order valence-corrected chi connectivity index (χ0v) is 16.0. The lowest BCUT2D eigenvalue weighted by atomic mass is 10.1. The van der Waals surface area contributed by atoms with E-state index in [0.717, 1.165) is 5.56 Å². The summed E-state index contributed by atoms with van der Waals surface area (Å²) in [5, 5.41) is 11.1. The van der Waals surface area contributed by atoms with Crippen LogP contribution in [0.2, 0.25) is 0 Å². The Hall–Kier alpha value is -3.99. The first kappa shape index (κ1) is 18.1. The maximum absolute atomic E-state index is 13.2. The van der Waals surface area contributed by atoms with Crippen LogP contribution in [0.5, 0.6) is 0 Å². The summed E-state index contributed by atoms with van der Waals surface area (Å²) >= 11 is 0. The fourth-order valence-electron chi connectivity index (χ4n) is 3.25. The van der Waals surface area contributed by atoms with E-state index in [1.807, 2.05) is 19.1 Å². The molecule has 1 fully saturated rings. The van der Waals surface area contributed by atoms with Crippen molar-refractivity contribution in [3.8, 4) is 23.7 Å². The first-order chi connectivity index (χ1) is 14.5. The summed E-state index contributed by atoms with van der Waals surface area (Å²) in [5.41, 5.74) is 3.81. The smallest absolute Gasteiger partial charge is 0.259 e. The molecule has 0 unspecified atom stereocenters. The van der Waals surface area contributed by atoms with E-state index in [4.69, 9.17) is 10.9 Å². The second-order valence-electron chi connectivity index (χ2n) is 7.25. The molecule has 0 saturated heterocycles. The zero-order chi connectivity index (χ0) is 20.8. The van der Waals surface area contributed by atoms with Crippen molar-refractivity contribution in [2.45, 2.75) is 25.4 Å². The lowest BCUT2D eigenvalue weighted by Crippen LogP contribution is -2.12. The molecule has 2 atom stereocenters. The van der Waals surface area contributed by atoms with Gasteiger partial charge in [0.05, 0.1) is 23.2 Å². The van der Waals surface area contributed by atoms with Crippen molar-refractivity contribution in [2.75, 3.05) is 5.32 Å². The van der Waals surface area contributed by atoms with E-state index >= 15 is 0 Å². The summed E-state index contributed by atoms with van der Waals surface area (Å²) in [7, 11) is 0. The number of carbonyl (C=O) groups excluding carboxylic acids is 1. The SMILES string of the molecule is C#Cc1ccn2ncc(C(=O)Nc3cc(-c4noc([C@H]5C[C@@H]5F)n4)ccc3C)c2c1. The third-order valence-corrected chi connectivity index (χ3v) is 5.15. The molecule has 1 saturated carbocycles. The number of nitrogens with one attached hydrogen (secondary N) is 1. The second kappa shape index (κ2) is 6.81. The largest absolute Gasteiger partial charge is 0.339 e. The number of hydrogen-bond donors (Lipinski definition) is 1. The second-order valence-corrected chi connectivity index (χ2v) is 7.25. The Morgan fingerprint density at radius 1 is 1.37 bits per heavy atom. The van der Waals surface area contributed by atoms with E-state index in [0.29, 0.717) is 46.0 Å². The van der Waals surface area contributed by atoms with Gasteiger partial charge in [0.1, 0.15) is 6.17 Å². The van der Waals surface area contributed by atoms with Crippen molar-refractivity contribution < 1.29 is 13.7 Å². The van der Waals surface area contributed by atoms with Crippen LogP contribution >= 0.6 is 0 Å². The van der Waals surface area contributed by atoms with Crippen LogP contribution in [0.1, 0.15) is 39.7 Å². The van der Waals surface area contributed by atoms with Crippen LogP contribution in [0.15, 0.2) is 47.2 Å². The number of pyridine rings is 1. The average molecular weight is 401 g/mol. The summed E-state index contributed by atoms with van der Waals surface area (Å²) in [4.78, 5) is 17.2. The number of terminal acetylenes is 1. The Balaban J connectivity index is 1.43. The number of carbonyl (C=O) groups is 1. The molecule has 1 N–H and O–H groups in total. The number of anilines is 1. The predicted molar refractivity (Wildman–Crippen MR) is 108 cm³/mol. The van der Waals surface area contributed by atoms with Gasteiger partial charge in [0.25, 0.3) is 5.91 Å². The number of nitrogens with zero attached hydrogens (tertiary/aromatic N) is 4. The van der Waals surface area contributed by atoms with Crippen LogP contribution < -0.4 is 5.32 Å². The van der Waals surface area contributed by atoms with Crippen LogP contribution in [-0.2, 0) is 0 Å². The molecule has 8 heteroatoms. The Kier molecular flexibility index (Phi) is 4.10. The third kappa shape index (κ3) is 3.10. The van der Waals surface area contributed by atoms with Crippen LogP contribution in [0.25, 0.3) is 16.9 Å². The molecular weight excluding hydrogens is 385 g/mol. The van der Waals surface area contributed by atoms with E-state index in [1.54, 1.807) is 28.9 Å². The molecule has 0 radical (unpaired) electrons. The van der Waals surface area contributed by atoms with Crippen molar-refractivity contribution in [1.29, 1.82) is 0 Å². The van der Waals surface area contributed by atoms with Gasteiger partial charge in [-0.25, -0.2) is 8.91 Å². The highest BCUT2D eigenvalue weighted by Crippen LogP contribution is 2.43. The number of aryl methyl sites for hydroxylation is 1. The number of amides is 1. The summed E-state index contributed by atoms with van der Waals surface area (Å²) in [6, 6.07) is 8.93. The van der Waals surface area contributed by atoms with Crippen molar-refractivity contribution >= 4 is 17.1 Å². The molecule has 5 rings (SSSR count). The fourth-order valence-corrected chi connectivity index (χ4v) is 3.25. The van der Waals surface area contributed by atoms with E-state index in [9.17, 15) is 9.18 Å². The Labute approximate surface area is 170 Å². The van der Waals surface area contributed by atoms with Gasteiger partial charge >= 0.3 is 0 Å². The maximum Gasteiger partial charge on any atom is 0.259 e. The van der Waals surface area contributed by atoms with Gasteiger partial charge in [-0.15, -0.1) is 6.42 Å². The molecule has 30 heavy (non-hydrogen) atoms. The van der Waals surface area contributed by atoms with Crippen molar-refractivity contribution in [2.24, 2.45) is 0 Å². The quantitative estimate of drug-likeness (QED) is 0.527. The minimum atomic E-state index is -0.910. The lowest BCUT2D eigenvalue weighted by molar-refractivity contribution is 0.102. The number of rotatable bonds is 4. The molecule has 1 amide bonds. The molecule has 3 heterocycles. The van der Waals surface area contributed by atoms with Crippen LogP contribution in [0.4, 0.5) is 10.1 Å². The first-order valence-electron chi connectivity index (χ1n) is 9.37. The molecule has 148 valence electrons. The van der Waals surface area contributed by atoms with Gasteiger partial charge < -0.3 is 9.84 Å². The molecule has 4 aromatic rings. The van der Waals surface area contributed by atoms with Crippen LogP contribution in [0.3, 0.4) is 0 Å². The van der Waals surface area contributed by atoms with E-state index in [1.165, 1.54) is 6.20 Å². The van der Waals surface area contributed by atoms with Crippen molar-refractivity contribution in [3.63, 3.8) is 0 Å². The van der Waals surface area contributed by atoms with E-state index in [-0.39, 0.29) is 11.8 Å². The summed E-state index contributed by atoms with van der Waals surface area (Å²) in [5.74, 6) is 2.60. The topological polar surface area (TPSA) is 85.3 Å². The van der Waals surface area contributed by atoms with Gasteiger partial charge in [0.2, 0.25) is 11.7 Å². The highest BCUT2D eigenvalue weighted by atomic mass is 19.1. The lowest BCUT2D eigenvalue weighted by Gasteiger charge is -2.09. The normalized spacial score (nSPS) is 17.6. The summed E-state index contributed by atoms with van der Waals surface area (Å²) in [6.07, 6.45) is 8.18. The van der Waals surface area contributed by atoms with Gasteiger partial charge in [0, 0.05) is 23.0 Å². The van der Waals surface area contributed by atoms with Crippen molar-refractivity contribution in [3.05, 3.63) is 65.3 Å². The molecule has 0 bridgehead atoms. The number of aromatic nitrogens is 4. The summed E-state index contributed by atoms with van der Waals surface area (Å²) < 4.78 is 20.0. The minimum absolute atomic E-state index is 0.305. The van der Waals surface area contributed by atoms with Gasteiger partial charge in [-0.05, 0) is 37.1 Å². The number of halogens is 1. The number of hydrogen-bond acceptors (Lipinski definition) is 5. The number of alkyl halides is 1. The monoisotopic (exact) mass is 401 g/mol. The third-order valence-electron chi connectivity index (χ3n) is 5.15. The van der Waals surface area contributed by atoms with Crippen LogP contribution in [0, 0.1) is 19.3 Å². The zero-order valence-electron chi connectivity index (χ0n) is 16.0. The predicted octanol–water partition coefficient (Wildman–Crippen LogP) is 3.75. The van der Waals surface area contributed by atoms with Crippen LogP contribution in [-0.4, -0.2) is 31.8 Å². The highest BCUT2D eigenvalue weighted by molar-refractivity contribution is 6.09. The standard InChI is InChI=1S/C22H16FN5O2/c1-3-13-6-7-28-19(8-13)16(11-24-28)21(29)25-18-9-14(5-4-12(18)2)20-26-22(30-27-20)15-10-17(15)23/h1,4-9,11,15,17H,10H2,2H3,(H,25,29)/t15-,17-/m0/s1. The first-order valence-corrected chi connectivity index (χ1v) is 9.37. The van der Waals surface area contributed by atoms with Gasteiger partial charge in [-0.3, -0.25) is 4.79 Å². The Bertz CT molecular complexity index is 1330. The maximum atomic E-state index is 13.2. The highest BCUT2D eigenvalue weighted by Gasteiger charge is 2.43. The molecular formula is C22H16FN5O2. The van der Waals surface area contributed by atoms with Crippen molar-refractivity contribution in [1.82, 2.24) is 19.8 Å². The molecule has 7 nitrogen and oxygen atoms in total. The molecule has 0 aliphatic heterocycles. The fraction of sp³-hybridized carbons (Fsp3) is 0.182. The molecule has 1 aliphatic rings. The Morgan fingerprint density at radius 3 is 2.97 bits per heavy atom. The molecule has 1 aromatic carbocycles. The average Bonchev–Trinajstić information content (AvgIpc) is 3.15. The van der Waals surface area contributed by atoms with Gasteiger partial charge in [-0.2, -0.15) is 10.1 Å². The van der Waals surface area contributed by atoms with E-state index < -0.39 is 6.17 Å². The number of fused-ring (bicyclic) bond motifs is 1.